The summed E-state index contributed by atoms with van der Waals surface area (Å²) in [5, 5.41) is 13.8. The van der Waals surface area contributed by atoms with Crippen LogP contribution in [0.4, 0.5) is 0 Å². The number of amides is 1. The van der Waals surface area contributed by atoms with Gasteiger partial charge in [-0.2, -0.15) is 0 Å². The molecule has 382 valence electrons. The van der Waals surface area contributed by atoms with Crippen molar-refractivity contribution in [2.24, 2.45) is 0 Å². The Labute approximate surface area is 407 Å². The SMILES string of the molecule is CC/C=C\C/C=C\C/C=C\C/C=C\CCCCCCCCCCCCCCCCCCC(=O)NC(COP(=O)([O-])OCC[N+](C)(C)C)C(O)/C=C/CC/C=C/CC/C=C/CCCCCCC. The fourth-order valence-corrected chi connectivity index (χ4v) is 8.07. The Hall–Kier alpha value is -2.32. The van der Waals surface area contributed by atoms with Crippen molar-refractivity contribution >= 4 is 13.7 Å². The van der Waals surface area contributed by atoms with Gasteiger partial charge >= 0.3 is 0 Å². The third-order valence-electron chi connectivity index (χ3n) is 11.6. The van der Waals surface area contributed by atoms with Gasteiger partial charge in [0.2, 0.25) is 5.91 Å². The Balaban J connectivity index is 4.20. The van der Waals surface area contributed by atoms with E-state index in [1.807, 2.05) is 27.2 Å². The average Bonchev–Trinajstić information content (AvgIpc) is 3.28. The van der Waals surface area contributed by atoms with E-state index in [0.29, 0.717) is 17.4 Å². The number of hydrogen-bond donors (Lipinski definition) is 2. The Morgan fingerprint density at radius 2 is 0.939 bits per heavy atom. The molecule has 2 N–H and O–H groups in total. The number of quaternary nitrogens is 1. The molecule has 0 aliphatic heterocycles. The molecule has 0 aromatic carbocycles. The van der Waals surface area contributed by atoms with Crippen molar-refractivity contribution < 1.29 is 32.9 Å². The van der Waals surface area contributed by atoms with Crippen LogP contribution in [0.25, 0.3) is 0 Å². The maximum atomic E-state index is 12.9. The van der Waals surface area contributed by atoms with Crippen LogP contribution < -0.4 is 10.2 Å². The number of likely N-dealkylation sites (N-methyl/N-ethyl adjacent to an activating group) is 1. The lowest BCUT2D eigenvalue weighted by Gasteiger charge is -2.29. The first-order valence-corrected chi connectivity index (χ1v) is 28.4. The third-order valence-corrected chi connectivity index (χ3v) is 12.5. The summed E-state index contributed by atoms with van der Waals surface area (Å²) in [5.41, 5.74) is 0. The molecule has 0 spiro atoms. The number of carbonyl (C=O) groups is 1. The van der Waals surface area contributed by atoms with E-state index in [1.54, 1.807) is 6.08 Å². The van der Waals surface area contributed by atoms with Crippen LogP contribution in [0.5, 0.6) is 0 Å². The summed E-state index contributed by atoms with van der Waals surface area (Å²) < 4.78 is 23.3. The zero-order chi connectivity index (χ0) is 48.5. The molecule has 0 radical (unpaired) electrons. The molecule has 0 saturated carbocycles. The highest BCUT2D eigenvalue weighted by molar-refractivity contribution is 7.45. The molecule has 0 aromatic heterocycles. The fraction of sp³-hybridized carbons (Fsp3) is 0.737. The largest absolute Gasteiger partial charge is 0.756 e. The summed E-state index contributed by atoms with van der Waals surface area (Å²) in [6.45, 7) is 4.49. The molecule has 3 unspecified atom stereocenters. The molecule has 8 nitrogen and oxygen atoms in total. The molecule has 66 heavy (non-hydrogen) atoms. The zero-order valence-electron chi connectivity index (χ0n) is 43.4. The topological polar surface area (TPSA) is 108 Å². The van der Waals surface area contributed by atoms with Gasteiger partial charge in [-0.05, 0) is 83.5 Å². The van der Waals surface area contributed by atoms with Crippen LogP contribution in [-0.2, 0) is 18.4 Å². The first kappa shape index (κ1) is 63.7. The molecule has 1 amide bonds. The molecule has 3 atom stereocenters. The molecule has 0 saturated heterocycles. The maximum Gasteiger partial charge on any atom is 0.268 e. The molecule has 0 aliphatic rings. The number of aliphatic hydroxyl groups is 1. The van der Waals surface area contributed by atoms with E-state index in [4.69, 9.17) is 9.05 Å². The Morgan fingerprint density at radius 1 is 0.545 bits per heavy atom. The van der Waals surface area contributed by atoms with Gasteiger partial charge in [0.05, 0.1) is 39.9 Å². The monoisotopic (exact) mass is 943 g/mol. The van der Waals surface area contributed by atoms with Crippen LogP contribution in [0, 0.1) is 0 Å². The van der Waals surface area contributed by atoms with Gasteiger partial charge in [-0.15, -0.1) is 0 Å². The van der Waals surface area contributed by atoms with Crippen LogP contribution in [-0.4, -0.2) is 68.5 Å². The number of allylic oxidation sites excluding steroid dienone is 13. The first-order valence-electron chi connectivity index (χ1n) is 26.9. The van der Waals surface area contributed by atoms with Crippen LogP contribution in [0.1, 0.15) is 219 Å². The number of carbonyl (C=O) groups excluding carboxylic acids is 1. The van der Waals surface area contributed by atoms with Crippen molar-refractivity contribution in [3.05, 3.63) is 85.1 Å². The Morgan fingerprint density at radius 3 is 1.41 bits per heavy atom. The molecule has 0 rings (SSSR count). The predicted octanol–water partition coefficient (Wildman–Crippen LogP) is 15.5. The standard InChI is InChI=1S/C57H103N2O6P/c1-6-8-10-12-14-16-18-20-22-23-24-25-26-27-28-29-30-31-32-33-34-35-37-39-41-43-45-47-49-51-57(61)58-55(54-65-66(62,63)64-53-52-59(3,4)5)56(60)50-48-46-44-42-40-38-36-21-19-17-15-13-11-9-7-2/h8,10,14,16,19-22,24-25,40,42,48,50,55-56,60H,6-7,9,11-13,15,17-18,23,26-39,41,43-47,49,51-54H2,1-5H3,(H-,58,61,62,63)/b10-8-,16-14-,21-19+,22-20-,25-24-,42-40+,50-48+. The molecule has 0 aliphatic carbocycles. The Kier molecular flexibility index (Phi) is 46.1. The number of aliphatic hydroxyl groups excluding tert-OH is 1. The number of nitrogens with one attached hydrogen (secondary N) is 1. The summed E-state index contributed by atoms with van der Waals surface area (Å²) in [7, 11) is 1.23. The minimum atomic E-state index is -4.61. The summed E-state index contributed by atoms with van der Waals surface area (Å²) >= 11 is 0. The highest BCUT2D eigenvalue weighted by atomic mass is 31.2. The normalized spacial score (nSPS) is 14.7. The molecule has 9 heteroatoms. The highest BCUT2D eigenvalue weighted by Crippen LogP contribution is 2.38. The number of rotatable bonds is 48. The van der Waals surface area contributed by atoms with E-state index in [1.165, 1.54) is 128 Å². The van der Waals surface area contributed by atoms with Gasteiger partial charge in [-0.3, -0.25) is 9.36 Å². The van der Waals surface area contributed by atoms with Crippen LogP contribution >= 0.6 is 7.82 Å². The van der Waals surface area contributed by atoms with Crippen LogP contribution in [0.15, 0.2) is 85.1 Å². The summed E-state index contributed by atoms with van der Waals surface area (Å²) in [6, 6.07) is -0.913. The lowest BCUT2D eigenvalue weighted by atomic mass is 10.0. The van der Waals surface area contributed by atoms with Gasteiger partial charge < -0.3 is 28.8 Å². The number of phosphoric ester groups is 1. The molecular weight excluding hydrogens is 840 g/mol. The van der Waals surface area contributed by atoms with Crippen molar-refractivity contribution in [2.45, 2.75) is 231 Å². The second kappa shape index (κ2) is 47.7. The van der Waals surface area contributed by atoms with Gasteiger partial charge in [-0.25, -0.2) is 0 Å². The van der Waals surface area contributed by atoms with Gasteiger partial charge in [-0.1, -0.05) is 214 Å². The van der Waals surface area contributed by atoms with E-state index in [2.05, 4.69) is 92.1 Å². The minimum Gasteiger partial charge on any atom is -0.756 e. The van der Waals surface area contributed by atoms with E-state index in [0.717, 1.165) is 70.6 Å². The van der Waals surface area contributed by atoms with E-state index in [-0.39, 0.29) is 12.5 Å². The van der Waals surface area contributed by atoms with Crippen molar-refractivity contribution in [2.75, 3.05) is 40.9 Å². The minimum absolute atomic E-state index is 0.0116. The fourth-order valence-electron chi connectivity index (χ4n) is 7.35. The lowest BCUT2D eigenvalue weighted by Crippen LogP contribution is -2.45. The molecule has 0 bridgehead atoms. The zero-order valence-corrected chi connectivity index (χ0v) is 44.3. The Bertz CT molecular complexity index is 1350. The number of nitrogens with zero attached hydrogens (tertiary/aromatic N) is 1. The number of hydrogen-bond acceptors (Lipinski definition) is 6. The molecule has 0 aromatic rings. The second-order valence-electron chi connectivity index (χ2n) is 19.2. The maximum absolute atomic E-state index is 12.9. The van der Waals surface area contributed by atoms with Gasteiger partial charge in [0.15, 0.2) is 0 Å². The van der Waals surface area contributed by atoms with Gasteiger partial charge in [0.25, 0.3) is 7.82 Å². The van der Waals surface area contributed by atoms with Gasteiger partial charge in [0.1, 0.15) is 13.2 Å². The lowest BCUT2D eigenvalue weighted by molar-refractivity contribution is -0.870. The van der Waals surface area contributed by atoms with Crippen molar-refractivity contribution in [3.63, 3.8) is 0 Å². The third kappa shape index (κ3) is 49.6. The van der Waals surface area contributed by atoms with Crippen molar-refractivity contribution in [1.82, 2.24) is 5.32 Å². The van der Waals surface area contributed by atoms with Crippen LogP contribution in [0.2, 0.25) is 0 Å². The molecule has 0 heterocycles. The highest BCUT2D eigenvalue weighted by Gasteiger charge is 2.23. The smallest absolute Gasteiger partial charge is 0.268 e. The summed E-state index contributed by atoms with van der Waals surface area (Å²) in [6.07, 6.45) is 66.6. The van der Waals surface area contributed by atoms with E-state index in [9.17, 15) is 19.4 Å². The van der Waals surface area contributed by atoms with Crippen LogP contribution in [0.3, 0.4) is 0 Å². The number of phosphoric acid groups is 1. The van der Waals surface area contributed by atoms with E-state index >= 15 is 0 Å². The second-order valence-corrected chi connectivity index (χ2v) is 20.6. The summed E-state index contributed by atoms with van der Waals surface area (Å²) in [5.74, 6) is -0.214. The molecular formula is C57H103N2O6P. The quantitative estimate of drug-likeness (QED) is 0.0272. The van der Waals surface area contributed by atoms with Crippen molar-refractivity contribution in [3.8, 4) is 0 Å². The average molecular weight is 943 g/mol. The number of unbranched alkanes of at least 4 members (excludes halogenated alkanes) is 23. The first-order chi connectivity index (χ1) is 32.0. The summed E-state index contributed by atoms with van der Waals surface area (Å²) in [4.78, 5) is 25.4. The van der Waals surface area contributed by atoms with Gasteiger partial charge in [0, 0.05) is 6.42 Å². The van der Waals surface area contributed by atoms with E-state index < -0.39 is 26.6 Å². The van der Waals surface area contributed by atoms with Crippen molar-refractivity contribution in [1.29, 1.82) is 0 Å². The predicted molar refractivity (Wildman–Crippen MR) is 283 cm³/mol. The molecule has 0 fully saturated rings.